The number of ketones is 1. The molecule has 0 fully saturated rings. The summed E-state index contributed by atoms with van der Waals surface area (Å²) in [6.07, 6.45) is 10.2. The summed E-state index contributed by atoms with van der Waals surface area (Å²) in [6.45, 7) is 8.30. The Morgan fingerprint density at radius 1 is 1.19 bits per heavy atom. The summed E-state index contributed by atoms with van der Waals surface area (Å²) >= 11 is 6.18. The molecule has 1 aliphatic rings. The number of halogens is 1. The molecule has 0 spiro atoms. The molecule has 1 N–H and O–H groups in total. The second-order valence-corrected chi connectivity index (χ2v) is 10.3. The lowest BCUT2D eigenvalue weighted by Crippen LogP contribution is -2.43. The van der Waals surface area contributed by atoms with Crippen LogP contribution in [-0.4, -0.2) is 17.1 Å². The topological polar surface area (TPSA) is 59.3 Å². The van der Waals surface area contributed by atoms with Crippen molar-refractivity contribution in [2.24, 2.45) is 5.41 Å². The van der Waals surface area contributed by atoms with Crippen molar-refractivity contribution in [2.45, 2.75) is 34.1 Å². The van der Waals surface area contributed by atoms with Gasteiger partial charge in [0.1, 0.15) is 18.1 Å². The van der Waals surface area contributed by atoms with Crippen molar-refractivity contribution in [3.8, 4) is 0 Å². The lowest BCUT2D eigenvalue weighted by atomic mass is 9.86. The van der Waals surface area contributed by atoms with Crippen LogP contribution in [-0.2, 0) is 11.0 Å². The maximum absolute atomic E-state index is 13.3. The molecule has 1 aromatic carbocycles. The molecular formula is C25H28ClN2O3S+. The molecule has 0 aliphatic heterocycles. The van der Waals surface area contributed by atoms with Gasteiger partial charge in [0.25, 0.3) is 0 Å². The van der Waals surface area contributed by atoms with E-state index in [1.54, 1.807) is 36.5 Å². The number of anilines is 1. The van der Waals surface area contributed by atoms with Gasteiger partial charge in [-0.25, -0.2) is 4.21 Å². The van der Waals surface area contributed by atoms with Crippen molar-refractivity contribution < 1.29 is 18.6 Å². The van der Waals surface area contributed by atoms with E-state index in [1.165, 1.54) is 11.8 Å². The van der Waals surface area contributed by atoms with Gasteiger partial charge in [0.15, 0.2) is 0 Å². The van der Waals surface area contributed by atoms with Crippen molar-refractivity contribution in [1.82, 2.24) is 0 Å². The monoisotopic (exact) mass is 471 g/mol. The first kappa shape index (κ1) is 24.0. The second kappa shape index (κ2) is 9.84. The number of aryl methyl sites for hydroxylation is 1. The Labute approximate surface area is 197 Å². The van der Waals surface area contributed by atoms with Gasteiger partial charge in [-0.15, -0.1) is 0 Å². The van der Waals surface area contributed by atoms with Crippen molar-refractivity contribution in [3.63, 3.8) is 0 Å². The van der Waals surface area contributed by atoms with Crippen LogP contribution in [0.3, 0.4) is 0 Å². The molecule has 0 radical (unpaired) electrons. The number of benzene rings is 1. The van der Waals surface area contributed by atoms with Crippen molar-refractivity contribution in [2.75, 3.05) is 11.8 Å². The van der Waals surface area contributed by atoms with Crippen molar-refractivity contribution >= 4 is 34.1 Å². The maximum atomic E-state index is 13.3. The number of carbonyl (C=O) groups is 1. The van der Waals surface area contributed by atoms with Crippen LogP contribution in [0.2, 0.25) is 5.02 Å². The van der Waals surface area contributed by atoms with Crippen LogP contribution in [0.5, 0.6) is 0 Å². The number of allylic oxidation sites excluding steroid dienone is 6. The number of carbonyl (C=O) groups excluding carboxylic acids is 1. The van der Waals surface area contributed by atoms with E-state index in [-0.39, 0.29) is 11.2 Å². The van der Waals surface area contributed by atoms with E-state index in [1.807, 2.05) is 25.2 Å². The zero-order valence-electron chi connectivity index (χ0n) is 18.9. The van der Waals surface area contributed by atoms with Crippen LogP contribution in [0.25, 0.3) is 0 Å². The molecule has 1 heterocycles. The van der Waals surface area contributed by atoms with Crippen LogP contribution in [0.15, 0.2) is 71.3 Å². The molecule has 32 heavy (non-hydrogen) atoms. The molecule has 0 amide bonds. The first-order valence-corrected chi connectivity index (χ1v) is 11.8. The first-order valence-electron chi connectivity index (χ1n) is 10.3. The molecule has 168 valence electrons. The Balaban J connectivity index is 1.91. The fourth-order valence-electron chi connectivity index (χ4n) is 3.25. The van der Waals surface area contributed by atoms with Gasteiger partial charge in [0.2, 0.25) is 17.7 Å². The van der Waals surface area contributed by atoms with Crippen molar-refractivity contribution in [3.05, 3.63) is 93.2 Å². The standard InChI is InChI=1S/C25H27ClN2O3S/c1-17-9-10-18(16-28(17)31-5)24(29)22-15-20(26)12-14-23(22)27-32(30)21-8-6-7-19(11-13-21)25(2,3)4/h6-7,9-16H,8H2,1-5H3/p+1. The van der Waals surface area contributed by atoms with E-state index in [9.17, 15) is 9.00 Å². The molecule has 2 aromatic rings. The molecule has 3 rings (SSSR count). The van der Waals surface area contributed by atoms with E-state index < -0.39 is 11.0 Å². The fraction of sp³-hybridized carbons (Fsp3) is 0.280. The summed E-state index contributed by atoms with van der Waals surface area (Å²) in [4.78, 5) is 19.3. The molecule has 1 unspecified atom stereocenters. The molecule has 0 saturated heterocycles. The van der Waals surface area contributed by atoms with Gasteiger partial charge >= 0.3 is 0 Å². The third-order valence-electron chi connectivity index (χ3n) is 5.17. The highest BCUT2D eigenvalue weighted by Crippen LogP contribution is 2.30. The molecular weight excluding hydrogens is 444 g/mol. The second-order valence-electron chi connectivity index (χ2n) is 8.57. The quantitative estimate of drug-likeness (QED) is 0.470. The summed E-state index contributed by atoms with van der Waals surface area (Å²) in [5, 5.41) is 0.422. The minimum atomic E-state index is -1.52. The predicted octanol–water partition coefficient (Wildman–Crippen LogP) is 5.12. The average molecular weight is 472 g/mol. The first-order chi connectivity index (χ1) is 15.1. The van der Waals surface area contributed by atoms with Gasteiger partial charge in [-0.05, 0) is 41.3 Å². The Kier molecular flexibility index (Phi) is 7.36. The van der Waals surface area contributed by atoms with Gasteiger partial charge in [-0.2, -0.15) is 0 Å². The highest BCUT2D eigenvalue weighted by molar-refractivity contribution is 7.90. The smallest absolute Gasteiger partial charge is 0.233 e. The van der Waals surface area contributed by atoms with E-state index in [2.05, 4.69) is 31.6 Å². The number of pyridine rings is 1. The molecule has 5 nitrogen and oxygen atoms in total. The van der Waals surface area contributed by atoms with Crippen LogP contribution >= 0.6 is 11.6 Å². The molecule has 0 saturated carbocycles. The summed E-state index contributed by atoms with van der Waals surface area (Å²) in [7, 11) is 0.0133. The molecule has 0 bridgehead atoms. The van der Waals surface area contributed by atoms with Gasteiger partial charge in [0, 0.05) is 39.6 Å². The van der Waals surface area contributed by atoms with Crippen LogP contribution < -0.4 is 14.3 Å². The number of nitrogens with one attached hydrogen (secondary N) is 1. The summed E-state index contributed by atoms with van der Waals surface area (Å²) < 4.78 is 17.6. The van der Waals surface area contributed by atoms with Crippen LogP contribution in [0.1, 0.15) is 48.8 Å². The zero-order valence-corrected chi connectivity index (χ0v) is 20.5. The molecule has 1 aromatic heterocycles. The van der Waals surface area contributed by atoms with Crippen LogP contribution in [0, 0.1) is 12.3 Å². The number of aromatic nitrogens is 1. The number of nitrogens with zero attached hydrogens (tertiary/aromatic N) is 1. The summed E-state index contributed by atoms with van der Waals surface area (Å²) in [5.74, 6) is -0.248. The number of rotatable bonds is 6. The Morgan fingerprint density at radius 3 is 2.62 bits per heavy atom. The van der Waals surface area contributed by atoms with E-state index in [0.717, 1.165) is 16.2 Å². The van der Waals surface area contributed by atoms with E-state index in [0.29, 0.717) is 28.3 Å². The molecule has 7 heteroatoms. The van der Waals surface area contributed by atoms with Gasteiger partial charge in [-0.3, -0.25) is 9.63 Å². The Hall–Kier alpha value is -2.70. The highest BCUT2D eigenvalue weighted by atomic mass is 35.5. The number of hydrogen-bond donors (Lipinski definition) is 1. The Morgan fingerprint density at radius 2 is 1.94 bits per heavy atom. The maximum Gasteiger partial charge on any atom is 0.233 e. The Bertz CT molecular complexity index is 1160. The molecule has 1 atom stereocenters. The third kappa shape index (κ3) is 5.56. The van der Waals surface area contributed by atoms with Gasteiger partial charge in [0.05, 0.1) is 11.3 Å². The van der Waals surface area contributed by atoms with E-state index >= 15 is 0 Å². The lowest BCUT2D eigenvalue weighted by Gasteiger charge is -2.19. The summed E-state index contributed by atoms with van der Waals surface area (Å²) in [6, 6.07) is 8.46. The van der Waals surface area contributed by atoms with Crippen molar-refractivity contribution in [1.29, 1.82) is 0 Å². The van der Waals surface area contributed by atoms with Crippen LogP contribution in [0.4, 0.5) is 5.69 Å². The normalized spacial score (nSPS) is 14.8. The SMILES string of the molecule is CO[n+]1cc(C(=O)c2cc(Cl)ccc2NS(=O)C2=CC=C(C(C)(C)C)C=CC2)ccc1C. The predicted molar refractivity (Wildman–Crippen MR) is 130 cm³/mol. The van der Waals surface area contributed by atoms with E-state index in [4.69, 9.17) is 16.4 Å². The van der Waals surface area contributed by atoms with Gasteiger partial charge < -0.3 is 4.72 Å². The third-order valence-corrected chi connectivity index (χ3v) is 6.58. The molecule has 1 aliphatic carbocycles. The summed E-state index contributed by atoms with van der Waals surface area (Å²) in [5.41, 5.74) is 3.25. The zero-order chi connectivity index (χ0) is 23.5. The lowest BCUT2D eigenvalue weighted by molar-refractivity contribution is -0.889. The fourth-order valence-corrected chi connectivity index (χ4v) is 4.37. The minimum Gasteiger partial charge on any atom is -0.301 e. The van der Waals surface area contributed by atoms with Gasteiger partial charge in [-0.1, -0.05) is 50.6 Å². The minimum absolute atomic E-state index is 0.000243. The average Bonchev–Trinajstić information content (AvgIpc) is 3.01. The largest absolute Gasteiger partial charge is 0.301 e. The number of hydrogen-bond acceptors (Lipinski definition) is 3. The highest BCUT2D eigenvalue weighted by Gasteiger charge is 2.21.